The molecule has 26 heavy (non-hydrogen) atoms. The quantitative estimate of drug-likeness (QED) is 0.380. The van der Waals surface area contributed by atoms with Crippen LogP contribution in [-0.4, -0.2) is 61.8 Å². The van der Waals surface area contributed by atoms with Crippen LogP contribution in [0.5, 0.6) is 0 Å². The lowest BCUT2D eigenvalue weighted by Gasteiger charge is -2.48. The predicted octanol–water partition coefficient (Wildman–Crippen LogP) is 2.19. The van der Waals surface area contributed by atoms with Crippen LogP contribution in [0.15, 0.2) is 0 Å². The van der Waals surface area contributed by atoms with Gasteiger partial charge in [0.1, 0.15) is 24.9 Å². The number of esters is 1. The Balaban J connectivity index is 2.35. The van der Waals surface area contributed by atoms with Crippen LogP contribution < -0.4 is 0 Å². The summed E-state index contributed by atoms with van der Waals surface area (Å²) >= 11 is 0. The molecule has 2 aliphatic heterocycles. The van der Waals surface area contributed by atoms with E-state index in [0.717, 1.165) is 0 Å². The van der Waals surface area contributed by atoms with Crippen molar-refractivity contribution in [3.05, 3.63) is 0 Å². The largest absolute Gasteiger partial charge is 0.453 e. The van der Waals surface area contributed by atoms with E-state index < -0.39 is 36.0 Å². The van der Waals surface area contributed by atoms with Gasteiger partial charge in [-0.05, 0) is 34.6 Å². The molecule has 0 amide bonds. The molecule has 8 nitrogen and oxygen atoms in total. The monoisotopic (exact) mass is 376 g/mol. The highest BCUT2D eigenvalue weighted by Gasteiger charge is 2.62. The highest BCUT2D eigenvalue weighted by molar-refractivity contribution is 5.71. The van der Waals surface area contributed by atoms with Crippen LogP contribution in [0.2, 0.25) is 0 Å². The van der Waals surface area contributed by atoms with Gasteiger partial charge in [0, 0.05) is 0 Å². The Hall–Kier alpha value is -0.770. The van der Waals surface area contributed by atoms with Gasteiger partial charge in [0.15, 0.2) is 11.9 Å². The third kappa shape index (κ3) is 4.74. The second-order valence-corrected chi connectivity index (χ2v) is 7.87. The predicted molar refractivity (Wildman–Crippen MR) is 91.0 cm³/mol. The molecular formula is C18H32O8. The van der Waals surface area contributed by atoms with Crippen molar-refractivity contribution in [3.8, 4) is 0 Å². The lowest BCUT2D eigenvalue weighted by atomic mass is 9.93. The summed E-state index contributed by atoms with van der Waals surface area (Å²) in [5.41, 5.74) is 0. The summed E-state index contributed by atoms with van der Waals surface area (Å²) in [4.78, 5) is 22.1. The number of ether oxygens (including phenoxy) is 5. The van der Waals surface area contributed by atoms with Crippen LogP contribution in [0.1, 0.15) is 48.5 Å². The molecule has 2 rings (SSSR count). The van der Waals surface area contributed by atoms with Gasteiger partial charge in [0.2, 0.25) is 5.79 Å². The summed E-state index contributed by atoms with van der Waals surface area (Å²) in [7, 11) is 1.42. The fourth-order valence-electron chi connectivity index (χ4n) is 3.33. The topological polar surface area (TPSA) is 81.7 Å². The van der Waals surface area contributed by atoms with Crippen LogP contribution in [0, 0.1) is 5.92 Å². The first-order valence-electron chi connectivity index (χ1n) is 9.06. The van der Waals surface area contributed by atoms with E-state index in [4.69, 9.17) is 33.5 Å². The molecule has 2 fully saturated rings. The van der Waals surface area contributed by atoms with Crippen molar-refractivity contribution in [2.24, 2.45) is 5.92 Å². The molecule has 0 bridgehead atoms. The smallest absolute Gasteiger partial charge is 0.308 e. The summed E-state index contributed by atoms with van der Waals surface area (Å²) in [5.74, 6) is -2.71. The SMILES string of the molecule is COOC[C@H]1O[C@@](C)(OC(C)C)[C@H](OC(=O)C(C)C)[C@H]2OC(C)(C)O[C@H]21. The average molecular weight is 376 g/mol. The maximum atomic E-state index is 12.3. The number of fused-ring (bicyclic) bond motifs is 1. The summed E-state index contributed by atoms with van der Waals surface area (Å²) < 4.78 is 30.0. The number of hydrogen-bond acceptors (Lipinski definition) is 8. The van der Waals surface area contributed by atoms with Crippen LogP contribution in [0.25, 0.3) is 0 Å². The van der Waals surface area contributed by atoms with Crippen molar-refractivity contribution in [1.29, 1.82) is 0 Å². The molecule has 5 atom stereocenters. The first-order chi connectivity index (χ1) is 12.0. The zero-order valence-corrected chi connectivity index (χ0v) is 16.9. The summed E-state index contributed by atoms with van der Waals surface area (Å²) in [6.45, 7) is 12.8. The molecule has 0 aromatic carbocycles. The summed E-state index contributed by atoms with van der Waals surface area (Å²) in [6, 6.07) is 0. The minimum atomic E-state index is -1.22. The third-order valence-corrected chi connectivity index (χ3v) is 4.27. The molecule has 0 aromatic heterocycles. The van der Waals surface area contributed by atoms with E-state index in [2.05, 4.69) is 0 Å². The molecule has 0 saturated carbocycles. The second-order valence-electron chi connectivity index (χ2n) is 7.87. The highest BCUT2D eigenvalue weighted by Crippen LogP contribution is 2.43. The maximum absolute atomic E-state index is 12.3. The van der Waals surface area contributed by atoms with Gasteiger partial charge in [-0.25, -0.2) is 9.78 Å². The first-order valence-corrected chi connectivity index (χ1v) is 9.06. The molecule has 0 spiro atoms. The minimum absolute atomic E-state index is 0.124. The minimum Gasteiger partial charge on any atom is -0.453 e. The fourth-order valence-corrected chi connectivity index (χ4v) is 3.33. The lowest BCUT2D eigenvalue weighted by molar-refractivity contribution is -0.372. The van der Waals surface area contributed by atoms with E-state index in [1.807, 2.05) is 27.7 Å². The van der Waals surface area contributed by atoms with E-state index >= 15 is 0 Å². The number of carbonyl (C=O) groups excluding carboxylic acids is 1. The molecule has 2 heterocycles. The Labute approximate surface area is 155 Å². The van der Waals surface area contributed by atoms with E-state index in [1.54, 1.807) is 20.8 Å². The molecule has 8 heteroatoms. The third-order valence-electron chi connectivity index (χ3n) is 4.27. The van der Waals surface area contributed by atoms with E-state index in [1.165, 1.54) is 7.11 Å². The first kappa shape index (κ1) is 21.5. The molecule has 0 N–H and O–H groups in total. The lowest BCUT2D eigenvalue weighted by Crippen LogP contribution is -2.65. The number of carbonyl (C=O) groups is 1. The molecule has 152 valence electrons. The Morgan fingerprint density at radius 3 is 2.19 bits per heavy atom. The van der Waals surface area contributed by atoms with Gasteiger partial charge in [-0.1, -0.05) is 13.8 Å². The van der Waals surface area contributed by atoms with Gasteiger partial charge in [0.25, 0.3) is 0 Å². The van der Waals surface area contributed by atoms with Crippen LogP contribution in [0.4, 0.5) is 0 Å². The number of hydrogen-bond donors (Lipinski definition) is 0. The Morgan fingerprint density at radius 1 is 1.04 bits per heavy atom. The van der Waals surface area contributed by atoms with Crippen molar-refractivity contribution >= 4 is 5.97 Å². The van der Waals surface area contributed by atoms with E-state index in [-0.39, 0.29) is 24.6 Å². The number of rotatable bonds is 7. The molecule has 0 aliphatic carbocycles. The average Bonchev–Trinajstić information content (AvgIpc) is 2.82. The maximum Gasteiger partial charge on any atom is 0.308 e. The van der Waals surface area contributed by atoms with E-state index in [0.29, 0.717) is 0 Å². The zero-order valence-electron chi connectivity index (χ0n) is 16.9. The van der Waals surface area contributed by atoms with Crippen molar-refractivity contribution in [1.82, 2.24) is 0 Å². The standard InChI is InChI=1S/C18H32O8/c1-10(2)16(19)22-15-14-13(25-17(5,6)26-14)12(9-21-20-8)24-18(15,7)23-11(3)4/h10-15H,9H2,1-8H3/t12-,13+,14+,15-,18-/m1/s1. The highest BCUT2D eigenvalue weighted by atomic mass is 17.2. The molecular weight excluding hydrogens is 344 g/mol. The Kier molecular flexibility index (Phi) is 6.69. The summed E-state index contributed by atoms with van der Waals surface area (Å²) in [5, 5.41) is 0. The van der Waals surface area contributed by atoms with E-state index in [9.17, 15) is 4.79 Å². The van der Waals surface area contributed by atoms with Gasteiger partial charge < -0.3 is 23.7 Å². The summed E-state index contributed by atoms with van der Waals surface area (Å²) in [6.07, 6.45) is -2.51. The Bertz CT molecular complexity index is 492. The molecule has 0 radical (unpaired) electrons. The van der Waals surface area contributed by atoms with Crippen LogP contribution in [0.3, 0.4) is 0 Å². The second kappa shape index (κ2) is 8.08. The zero-order chi connectivity index (χ0) is 19.7. The molecule has 0 unspecified atom stereocenters. The van der Waals surface area contributed by atoms with Crippen molar-refractivity contribution < 1.29 is 38.3 Å². The van der Waals surface area contributed by atoms with Crippen molar-refractivity contribution in [2.75, 3.05) is 13.7 Å². The normalized spacial score (nSPS) is 36.4. The Morgan fingerprint density at radius 2 is 1.65 bits per heavy atom. The van der Waals surface area contributed by atoms with Gasteiger partial charge in [-0.2, -0.15) is 0 Å². The van der Waals surface area contributed by atoms with Crippen LogP contribution >= 0.6 is 0 Å². The molecule has 2 saturated heterocycles. The van der Waals surface area contributed by atoms with Crippen molar-refractivity contribution in [2.45, 2.75) is 90.6 Å². The van der Waals surface area contributed by atoms with Gasteiger partial charge in [-0.3, -0.25) is 4.79 Å². The van der Waals surface area contributed by atoms with Gasteiger partial charge in [-0.15, -0.1) is 0 Å². The fraction of sp³-hybridized carbons (Fsp3) is 0.944. The van der Waals surface area contributed by atoms with Crippen molar-refractivity contribution in [3.63, 3.8) is 0 Å². The molecule has 2 aliphatic rings. The molecule has 0 aromatic rings. The van der Waals surface area contributed by atoms with Crippen LogP contribution in [-0.2, 0) is 38.3 Å². The van der Waals surface area contributed by atoms with Gasteiger partial charge in [0.05, 0.1) is 19.1 Å². The van der Waals surface area contributed by atoms with Gasteiger partial charge >= 0.3 is 5.97 Å².